The third-order valence-electron chi connectivity index (χ3n) is 4.72. The fraction of sp³-hybridized carbons (Fsp3) is 0.261. The Morgan fingerprint density at radius 3 is 2.07 bits per heavy atom. The Bertz CT molecular complexity index is 883. The van der Waals surface area contributed by atoms with E-state index in [1.807, 2.05) is 60.7 Å². The molecule has 3 atom stereocenters. The first-order valence-corrected chi connectivity index (χ1v) is 9.63. The number of benzene rings is 2. The molecule has 158 valence electrons. The summed E-state index contributed by atoms with van der Waals surface area (Å²) < 4.78 is 17.9. The minimum atomic E-state index is -0.747. The van der Waals surface area contributed by atoms with Crippen molar-refractivity contribution in [2.75, 3.05) is 6.61 Å². The van der Waals surface area contributed by atoms with Crippen LogP contribution >= 0.6 is 0 Å². The quantitative estimate of drug-likeness (QED) is 0.543. The van der Waals surface area contributed by atoms with E-state index in [-0.39, 0.29) is 12.3 Å². The number of hydrogen-bond acceptors (Lipinski definition) is 6. The maximum absolute atomic E-state index is 11.4. The molecule has 0 aromatic heterocycles. The molecule has 1 aliphatic rings. The molecule has 0 spiro atoms. The first-order chi connectivity index (χ1) is 14.6. The molecule has 7 heteroatoms. The van der Waals surface area contributed by atoms with E-state index in [9.17, 15) is 9.90 Å². The van der Waals surface area contributed by atoms with Crippen molar-refractivity contribution in [1.82, 2.24) is 0 Å². The second-order valence-electron chi connectivity index (χ2n) is 6.92. The van der Waals surface area contributed by atoms with Gasteiger partial charge in [-0.25, -0.2) is 0 Å². The topological polar surface area (TPSA) is 117 Å². The summed E-state index contributed by atoms with van der Waals surface area (Å²) in [6.07, 6.45) is 0.953. The van der Waals surface area contributed by atoms with Gasteiger partial charge in [0, 0.05) is 5.57 Å². The van der Waals surface area contributed by atoms with Crippen LogP contribution < -0.4 is 11.5 Å². The lowest BCUT2D eigenvalue weighted by Crippen LogP contribution is -2.47. The van der Waals surface area contributed by atoms with Gasteiger partial charge in [-0.3, -0.25) is 4.79 Å². The van der Waals surface area contributed by atoms with Gasteiger partial charge in [0.25, 0.3) is 5.91 Å². The average Bonchev–Trinajstić information content (AvgIpc) is 2.78. The summed E-state index contributed by atoms with van der Waals surface area (Å²) in [5.41, 5.74) is 13.3. The van der Waals surface area contributed by atoms with Crippen molar-refractivity contribution in [3.05, 3.63) is 95.4 Å². The van der Waals surface area contributed by atoms with Gasteiger partial charge in [-0.2, -0.15) is 0 Å². The largest absolute Gasteiger partial charge is 0.492 e. The fourth-order valence-corrected chi connectivity index (χ4v) is 3.12. The number of aliphatic hydroxyl groups is 1. The highest BCUT2D eigenvalue weighted by Gasteiger charge is 2.38. The van der Waals surface area contributed by atoms with E-state index >= 15 is 0 Å². The lowest BCUT2D eigenvalue weighted by atomic mass is 9.97. The molecule has 0 bridgehead atoms. The number of aliphatic hydroxyl groups excluding tert-OH is 1. The summed E-state index contributed by atoms with van der Waals surface area (Å²) >= 11 is 0. The van der Waals surface area contributed by atoms with Crippen LogP contribution in [0.15, 0.2) is 84.3 Å². The van der Waals surface area contributed by atoms with Crippen molar-refractivity contribution < 1.29 is 24.1 Å². The molecular weight excluding hydrogens is 384 g/mol. The number of amides is 1. The molecule has 1 aliphatic heterocycles. The van der Waals surface area contributed by atoms with Crippen LogP contribution in [0.4, 0.5) is 0 Å². The highest BCUT2D eigenvalue weighted by Crippen LogP contribution is 2.28. The molecule has 0 unspecified atom stereocenters. The standard InChI is InChI=1S/C23H26N2O5/c24-19(23(25)27)11-18-15-28-20(12-26)22(30-14-17-9-5-2-6-10-17)21(18)29-13-16-7-3-1-4-8-16/h1-11,15,20-22,26H,12-14,24H2,(H2,25,27)/b19-11+/t20-,21+,22-/m0/s1. The zero-order chi connectivity index (χ0) is 21.3. The van der Waals surface area contributed by atoms with Crippen molar-refractivity contribution in [2.24, 2.45) is 11.5 Å². The van der Waals surface area contributed by atoms with Crippen molar-refractivity contribution in [3.8, 4) is 0 Å². The minimum absolute atomic E-state index is 0.123. The lowest BCUT2D eigenvalue weighted by Gasteiger charge is -2.36. The minimum Gasteiger partial charge on any atom is -0.492 e. The molecule has 7 nitrogen and oxygen atoms in total. The lowest BCUT2D eigenvalue weighted by molar-refractivity contribution is -0.143. The van der Waals surface area contributed by atoms with Crippen molar-refractivity contribution >= 4 is 5.91 Å². The summed E-state index contributed by atoms with van der Waals surface area (Å²) in [5, 5.41) is 9.81. The average molecular weight is 410 g/mol. The second-order valence-corrected chi connectivity index (χ2v) is 6.92. The highest BCUT2D eigenvalue weighted by molar-refractivity contribution is 5.91. The van der Waals surface area contributed by atoms with Crippen LogP contribution in [0.1, 0.15) is 11.1 Å². The molecule has 0 saturated carbocycles. The van der Waals surface area contributed by atoms with Gasteiger partial charge in [0.05, 0.1) is 31.8 Å². The Morgan fingerprint density at radius 2 is 1.53 bits per heavy atom. The van der Waals surface area contributed by atoms with Crippen LogP contribution in [0.5, 0.6) is 0 Å². The van der Waals surface area contributed by atoms with Gasteiger partial charge >= 0.3 is 0 Å². The Kier molecular flexibility index (Phi) is 7.62. The Balaban J connectivity index is 1.84. The first kappa shape index (κ1) is 21.6. The van der Waals surface area contributed by atoms with Gasteiger partial charge in [0.2, 0.25) is 0 Å². The smallest absolute Gasteiger partial charge is 0.264 e. The van der Waals surface area contributed by atoms with Crippen LogP contribution in [0.25, 0.3) is 0 Å². The maximum atomic E-state index is 11.4. The molecule has 0 saturated heterocycles. The molecule has 3 rings (SSSR count). The van der Waals surface area contributed by atoms with Crippen LogP contribution in [-0.2, 0) is 32.2 Å². The predicted octanol–water partition coefficient (Wildman–Crippen LogP) is 1.76. The second kappa shape index (κ2) is 10.6. The van der Waals surface area contributed by atoms with Gasteiger partial charge in [-0.15, -0.1) is 0 Å². The van der Waals surface area contributed by atoms with Crippen molar-refractivity contribution in [1.29, 1.82) is 0 Å². The highest BCUT2D eigenvalue weighted by atomic mass is 16.6. The van der Waals surface area contributed by atoms with Crippen molar-refractivity contribution in [3.63, 3.8) is 0 Å². The Hall–Kier alpha value is -3.13. The number of carbonyl (C=O) groups excluding carboxylic acids is 1. The maximum Gasteiger partial charge on any atom is 0.264 e. The van der Waals surface area contributed by atoms with E-state index in [1.54, 1.807) is 0 Å². The number of hydrogen-bond donors (Lipinski definition) is 3. The Labute approximate surface area is 175 Å². The molecule has 0 radical (unpaired) electrons. The molecule has 1 heterocycles. The first-order valence-electron chi connectivity index (χ1n) is 9.63. The van der Waals surface area contributed by atoms with E-state index in [0.29, 0.717) is 18.8 Å². The molecular formula is C23H26N2O5. The van der Waals surface area contributed by atoms with Gasteiger partial charge in [-0.05, 0) is 17.2 Å². The fourth-order valence-electron chi connectivity index (χ4n) is 3.12. The molecule has 0 aliphatic carbocycles. The van der Waals surface area contributed by atoms with Gasteiger partial charge in [0.1, 0.15) is 18.3 Å². The normalized spacial score (nSPS) is 21.6. The number of rotatable bonds is 9. The van der Waals surface area contributed by atoms with Crippen LogP contribution in [0.3, 0.4) is 0 Å². The molecule has 30 heavy (non-hydrogen) atoms. The molecule has 5 N–H and O–H groups in total. The third kappa shape index (κ3) is 5.70. The number of carbonyl (C=O) groups is 1. The molecule has 2 aromatic carbocycles. The number of ether oxygens (including phenoxy) is 3. The summed E-state index contributed by atoms with van der Waals surface area (Å²) in [6.45, 7) is 0.346. The van der Waals surface area contributed by atoms with Gasteiger partial charge in [-0.1, -0.05) is 60.7 Å². The third-order valence-corrected chi connectivity index (χ3v) is 4.72. The van der Waals surface area contributed by atoms with Gasteiger partial charge < -0.3 is 30.8 Å². The van der Waals surface area contributed by atoms with Crippen LogP contribution in [0.2, 0.25) is 0 Å². The van der Waals surface area contributed by atoms with Gasteiger partial charge in [0.15, 0.2) is 0 Å². The summed E-state index contributed by atoms with van der Waals surface area (Å²) in [6, 6.07) is 19.3. The SMILES string of the molecule is NC(=O)/C(N)=C\C1=CO[C@@H](CO)[C@H](OCc2ccccc2)[C@@H]1OCc1ccccc1. The Morgan fingerprint density at radius 1 is 0.967 bits per heavy atom. The summed E-state index contributed by atoms with van der Waals surface area (Å²) in [5.74, 6) is -0.747. The number of primary amides is 1. The zero-order valence-corrected chi connectivity index (χ0v) is 16.5. The molecule has 2 aromatic rings. The molecule has 1 amide bonds. The predicted molar refractivity (Wildman–Crippen MR) is 112 cm³/mol. The monoisotopic (exact) mass is 410 g/mol. The molecule has 0 fully saturated rings. The number of nitrogens with two attached hydrogens (primary N) is 2. The summed E-state index contributed by atoms with van der Waals surface area (Å²) in [4.78, 5) is 11.4. The van der Waals surface area contributed by atoms with E-state index in [4.69, 9.17) is 25.7 Å². The van der Waals surface area contributed by atoms with Crippen LogP contribution in [-0.4, -0.2) is 35.9 Å². The van der Waals surface area contributed by atoms with Crippen LogP contribution in [0, 0.1) is 0 Å². The van der Waals surface area contributed by atoms with E-state index in [2.05, 4.69) is 0 Å². The zero-order valence-electron chi connectivity index (χ0n) is 16.5. The summed E-state index contributed by atoms with van der Waals surface area (Å²) in [7, 11) is 0. The van der Waals surface area contributed by atoms with E-state index < -0.39 is 24.2 Å². The van der Waals surface area contributed by atoms with Crippen molar-refractivity contribution in [2.45, 2.75) is 31.5 Å². The van der Waals surface area contributed by atoms with E-state index in [1.165, 1.54) is 12.3 Å². The van der Waals surface area contributed by atoms with E-state index in [0.717, 1.165) is 11.1 Å².